The number of aryl methyl sites for hydroxylation is 1. The molecule has 1 saturated heterocycles. The molecule has 0 amide bonds. The second kappa shape index (κ2) is 5.04. The Bertz CT molecular complexity index is 373. The number of aromatic nitrogens is 1. The van der Waals surface area contributed by atoms with Gasteiger partial charge in [0.25, 0.3) is 0 Å². The molecule has 2 rings (SSSR count). The highest BCUT2D eigenvalue weighted by molar-refractivity contribution is 7.09. The molecule has 1 aliphatic heterocycles. The fourth-order valence-electron chi connectivity index (χ4n) is 2.60. The summed E-state index contributed by atoms with van der Waals surface area (Å²) >= 11 is 1.77. The molecular formula is C13H22N2OS. The Balaban J connectivity index is 2.29. The molecule has 1 N–H and O–H groups in total. The summed E-state index contributed by atoms with van der Waals surface area (Å²) in [5.74, 6) is 0. The summed E-state index contributed by atoms with van der Waals surface area (Å²) in [5, 5.41) is 7.08. The Hall–Kier alpha value is -0.450. The van der Waals surface area contributed by atoms with Crippen molar-refractivity contribution in [1.29, 1.82) is 0 Å². The first kappa shape index (κ1) is 13.0. The lowest BCUT2D eigenvalue weighted by Crippen LogP contribution is -2.51. The topological polar surface area (TPSA) is 34.1 Å². The van der Waals surface area contributed by atoms with Gasteiger partial charge in [0.1, 0.15) is 5.01 Å². The van der Waals surface area contributed by atoms with Gasteiger partial charge >= 0.3 is 0 Å². The highest BCUT2D eigenvalue weighted by Gasteiger charge is 2.39. The summed E-state index contributed by atoms with van der Waals surface area (Å²) in [7, 11) is 0. The minimum Gasteiger partial charge on any atom is -0.378 e. The zero-order valence-corrected chi connectivity index (χ0v) is 11.9. The summed E-state index contributed by atoms with van der Waals surface area (Å²) in [5.41, 5.74) is 1.14. The van der Waals surface area contributed by atoms with Gasteiger partial charge in [0.15, 0.2) is 0 Å². The number of nitrogens with zero attached hydrogens (tertiary/aromatic N) is 1. The van der Waals surface area contributed by atoms with Gasteiger partial charge in [0, 0.05) is 23.7 Å². The molecule has 0 aliphatic carbocycles. The van der Waals surface area contributed by atoms with E-state index in [0.717, 1.165) is 25.1 Å². The minimum atomic E-state index is 0.0186. The van der Waals surface area contributed by atoms with Crippen LogP contribution in [-0.4, -0.2) is 23.7 Å². The van der Waals surface area contributed by atoms with Crippen LogP contribution in [0.5, 0.6) is 0 Å². The average Bonchev–Trinajstić information content (AvgIpc) is 2.64. The zero-order valence-electron chi connectivity index (χ0n) is 11.1. The van der Waals surface area contributed by atoms with Gasteiger partial charge in [0.05, 0.1) is 11.6 Å². The molecule has 0 bridgehead atoms. The molecule has 96 valence electrons. The number of rotatable bonds is 3. The van der Waals surface area contributed by atoms with Crippen molar-refractivity contribution in [1.82, 2.24) is 10.3 Å². The van der Waals surface area contributed by atoms with Crippen LogP contribution in [0.25, 0.3) is 0 Å². The van der Waals surface area contributed by atoms with Gasteiger partial charge in [-0.15, -0.1) is 11.3 Å². The lowest BCUT2D eigenvalue weighted by molar-refractivity contribution is -0.0231. The summed E-state index contributed by atoms with van der Waals surface area (Å²) in [6, 6.07) is 0.463. The second-order valence-electron chi connectivity index (χ2n) is 5.31. The highest BCUT2D eigenvalue weighted by atomic mass is 32.1. The highest BCUT2D eigenvalue weighted by Crippen LogP contribution is 2.36. The van der Waals surface area contributed by atoms with Crippen molar-refractivity contribution in [2.24, 2.45) is 0 Å². The van der Waals surface area contributed by atoms with Gasteiger partial charge in [-0.3, -0.25) is 0 Å². The van der Waals surface area contributed by atoms with Crippen molar-refractivity contribution in [2.45, 2.75) is 58.2 Å². The Morgan fingerprint density at radius 3 is 2.88 bits per heavy atom. The first-order valence-electron chi connectivity index (χ1n) is 6.34. The fraction of sp³-hybridized carbons (Fsp3) is 0.769. The maximum Gasteiger partial charge on any atom is 0.113 e. The van der Waals surface area contributed by atoms with Gasteiger partial charge in [0.2, 0.25) is 0 Å². The maximum absolute atomic E-state index is 5.68. The van der Waals surface area contributed by atoms with E-state index in [1.54, 1.807) is 11.3 Å². The standard InChI is InChI=1S/C13H22N2OS/c1-9(2)15-13(5-6-16-11(4)7-13)12-14-10(3)8-17-12/h8-9,11,15H,5-7H2,1-4H3. The lowest BCUT2D eigenvalue weighted by atomic mass is 9.86. The van der Waals surface area contributed by atoms with E-state index < -0.39 is 0 Å². The van der Waals surface area contributed by atoms with Crippen LogP contribution in [0.4, 0.5) is 0 Å². The molecule has 0 aromatic carbocycles. The van der Waals surface area contributed by atoms with Crippen LogP contribution in [0, 0.1) is 6.92 Å². The quantitative estimate of drug-likeness (QED) is 0.900. The van der Waals surface area contributed by atoms with Crippen molar-refractivity contribution in [2.75, 3.05) is 6.61 Å². The Morgan fingerprint density at radius 2 is 2.35 bits per heavy atom. The predicted molar refractivity (Wildman–Crippen MR) is 71.4 cm³/mol. The molecular weight excluding hydrogens is 232 g/mol. The molecule has 1 aromatic heterocycles. The Kier molecular flexibility index (Phi) is 3.85. The normalized spacial score (nSPS) is 29.8. The first-order chi connectivity index (χ1) is 8.02. The summed E-state index contributed by atoms with van der Waals surface area (Å²) in [6.45, 7) is 9.42. The van der Waals surface area contributed by atoms with Crippen LogP contribution >= 0.6 is 11.3 Å². The number of ether oxygens (including phenoxy) is 1. The molecule has 17 heavy (non-hydrogen) atoms. The third-order valence-electron chi connectivity index (χ3n) is 3.16. The minimum absolute atomic E-state index is 0.0186. The van der Waals surface area contributed by atoms with Crippen LogP contribution < -0.4 is 5.32 Å². The van der Waals surface area contributed by atoms with Crippen molar-refractivity contribution in [3.8, 4) is 0 Å². The van der Waals surface area contributed by atoms with E-state index in [-0.39, 0.29) is 5.54 Å². The molecule has 1 fully saturated rings. The van der Waals surface area contributed by atoms with Gasteiger partial charge < -0.3 is 10.1 Å². The fourth-order valence-corrected chi connectivity index (χ4v) is 3.60. The van der Waals surface area contributed by atoms with E-state index in [2.05, 4.69) is 38.4 Å². The van der Waals surface area contributed by atoms with Crippen LogP contribution in [-0.2, 0) is 10.3 Å². The smallest absolute Gasteiger partial charge is 0.113 e. The average molecular weight is 254 g/mol. The number of nitrogens with one attached hydrogen (secondary N) is 1. The molecule has 2 unspecified atom stereocenters. The summed E-state index contributed by atoms with van der Waals surface area (Å²) < 4.78 is 5.68. The zero-order chi connectivity index (χ0) is 12.5. The molecule has 0 spiro atoms. The van der Waals surface area contributed by atoms with E-state index in [0.29, 0.717) is 12.1 Å². The first-order valence-corrected chi connectivity index (χ1v) is 7.22. The SMILES string of the molecule is Cc1csc(C2(NC(C)C)CCOC(C)C2)n1. The third-order valence-corrected chi connectivity index (χ3v) is 4.32. The third kappa shape index (κ3) is 2.87. The molecule has 1 aromatic rings. The Morgan fingerprint density at radius 1 is 1.59 bits per heavy atom. The molecule has 2 heterocycles. The van der Waals surface area contributed by atoms with Gasteiger partial charge in [-0.2, -0.15) is 0 Å². The van der Waals surface area contributed by atoms with Crippen LogP contribution in [0.3, 0.4) is 0 Å². The molecule has 3 nitrogen and oxygen atoms in total. The molecule has 0 radical (unpaired) electrons. The van der Waals surface area contributed by atoms with Gasteiger partial charge in [-0.05, 0) is 40.5 Å². The molecule has 1 aliphatic rings. The van der Waals surface area contributed by atoms with Crippen molar-refractivity contribution in [3.63, 3.8) is 0 Å². The Labute approximate surface area is 108 Å². The van der Waals surface area contributed by atoms with Crippen LogP contribution in [0.15, 0.2) is 5.38 Å². The molecule has 0 saturated carbocycles. The number of hydrogen-bond acceptors (Lipinski definition) is 4. The van der Waals surface area contributed by atoms with Crippen molar-refractivity contribution >= 4 is 11.3 Å². The maximum atomic E-state index is 5.68. The van der Waals surface area contributed by atoms with Gasteiger partial charge in [-0.25, -0.2) is 4.98 Å². The largest absolute Gasteiger partial charge is 0.378 e. The van der Waals surface area contributed by atoms with Gasteiger partial charge in [-0.1, -0.05) is 0 Å². The van der Waals surface area contributed by atoms with Crippen molar-refractivity contribution in [3.05, 3.63) is 16.1 Å². The van der Waals surface area contributed by atoms with E-state index in [1.165, 1.54) is 5.01 Å². The van der Waals surface area contributed by atoms with E-state index in [9.17, 15) is 0 Å². The van der Waals surface area contributed by atoms with E-state index in [1.807, 2.05) is 0 Å². The second-order valence-corrected chi connectivity index (χ2v) is 6.17. The summed E-state index contributed by atoms with van der Waals surface area (Å²) in [6.07, 6.45) is 2.33. The van der Waals surface area contributed by atoms with E-state index >= 15 is 0 Å². The molecule has 4 heteroatoms. The van der Waals surface area contributed by atoms with Crippen molar-refractivity contribution < 1.29 is 4.74 Å². The number of hydrogen-bond donors (Lipinski definition) is 1. The number of thiazole rings is 1. The van der Waals surface area contributed by atoms with Crippen LogP contribution in [0.1, 0.15) is 44.3 Å². The monoisotopic (exact) mass is 254 g/mol. The van der Waals surface area contributed by atoms with E-state index in [4.69, 9.17) is 9.72 Å². The summed E-state index contributed by atoms with van der Waals surface area (Å²) in [4.78, 5) is 4.69. The van der Waals surface area contributed by atoms with Crippen LogP contribution in [0.2, 0.25) is 0 Å². The lowest BCUT2D eigenvalue weighted by Gasteiger charge is -2.40. The predicted octanol–water partition coefficient (Wildman–Crippen LogP) is 2.84. The molecule has 2 atom stereocenters.